The van der Waals surface area contributed by atoms with Crippen LogP contribution in [0, 0.1) is 5.92 Å². The van der Waals surface area contributed by atoms with Crippen LogP contribution in [-0.4, -0.2) is 37.1 Å². The van der Waals surface area contributed by atoms with Gasteiger partial charge in [-0.1, -0.05) is 33.1 Å². The molecule has 0 unspecified atom stereocenters. The van der Waals surface area contributed by atoms with Gasteiger partial charge in [-0.25, -0.2) is 0 Å². The van der Waals surface area contributed by atoms with Crippen LogP contribution in [0.15, 0.2) is 0 Å². The lowest BCUT2D eigenvalue weighted by Crippen LogP contribution is -2.48. The molecule has 1 amide bonds. The molecule has 1 aliphatic carbocycles. The highest BCUT2D eigenvalue weighted by Crippen LogP contribution is 2.17. The van der Waals surface area contributed by atoms with E-state index < -0.39 is 6.04 Å². The molecular formula is C15H28N2O3. The van der Waals surface area contributed by atoms with Crippen molar-refractivity contribution in [2.75, 3.05) is 13.2 Å². The molecule has 5 heteroatoms. The van der Waals surface area contributed by atoms with Crippen molar-refractivity contribution in [1.82, 2.24) is 10.6 Å². The SMILES string of the molecule is CCOC(=O)[C@@H](NCC(=O)NC1CCCC1)[C@H](C)CC. The van der Waals surface area contributed by atoms with E-state index in [2.05, 4.69) is 10.6 Å². The largest absolute Gasteiger partial charge is 0.465 e. The van der Waals surface area contributed by atoms with E-state index in [-0.39, 0.29) is 24.3 Å². The third kappa shape index (κ3) is 5.49. The Morgan fingerprint density at radius 3 is 2.45 bits per heavy atom. The molecule has 116 valence electrons. The fourth-order valence-corrected chi connectivity index (χ4v) is 2.54. The van der Waals surface area contributed by atoms with Crippen LogP contribution < -0.4 is 10.6 Å². The van der Waals surface area contributed by atoms with E-state index in [1.165, 1.54) is 12.8 Å². The van der Waals surface area contributed by atoms with Gasteiger partial charge < -0.3 is 10.1 Å². The Kier molecular flexibility index (Phi) is 7.59. The Balaban J connectivity index is 2.39. The van der Waals surface area contributed by atoms with Gasteiger partial charge in [-0.05, 0) is 25.7 Å². The van der Waals surface area contributed by atoms with Gasteiger partial charge >= 0.3 is 5.97 Å². The van der Waals surface area contributed by atoms with Crippen LogP contribution in [0.25, 0.3) is 0 Å². The van der Waals surface area contributed by atoms with E-state index in [1.54, 1.807) is 6.92 Å². The second-order valence-electron chi connectivity index (χ2n) is 5.55. The predicted octanol–water partition coefficient (Wildman–Crippen LogP) is 1.61. The highest BCUT2D eigenvalue weighted by Gasteiger charge is 2.26. The first-order chi connectivity index (χ1) is 9.58. The predicted molar refractivity (Wildman–Crippen MR) is 78.3 cm³/mol. The summed E-state index contributed by atoms with van der Waals surface area (Å²) in [5.41, 5.74) is 0. The van der Waals surface area contributed by atoms with Crippen molar-refractivity contribution in [2.45, 2.75) is 65.0 Å². The molecule has 20 heavy (non-hydrogen) atoms. The molecule has 0 bridgehead atoms. The van der Waals surface area contributed by atoms with Gasteiger partial charge in [0.2, 0.25) is 5.91 Å². The van der Waals surface area contributed by atoms with E-state index in [4.69, 9.17) is 4.74 Å². The number of esters is 1. The van der Waals surface area contributed by atoms with Crippen LogP contribution >= 0.6 is 0 Å². The maximum atomic E-state index is 11.9. The molecule has 1 saturated carbocycles. The molecular weight excluding hydrogens is 256 g/mol. The number of ether oxygens (including phenoxy) is 1. The molecule has 0 aromatic carbocycles. The van der Waals surface area contributed by atoms with E-state index in [0.29, 0.717) is 12.6 Å². The highest BCUT2D eigenvalue weighted by molar-refractivity contribution is 5.80. The summed E-state index contributed by atoms with van der Waals surface area (Å²) in [6.07, 6.45) is 5.38. The zero-order valence-electron chi connectivity index (χ0n) is 12.9. The quantitative estimate of drug-likeness (QED) is 0.665. The minimum absolute atomic E-state index is 0.0329. The Bertz CT molecular complexity index is 314. The minimum atomic E-state index is -0.408. The van der Waals surface area contributed by atoms with Gasteiger partial charge in [-0.2, -0.15) is 0 Å². The molecule has 0 heterocycles. The summed E-state index contributed by atoms with van der Waals surface area (Å²) in [6.45, 7) is 6.34. The molecule has 0 spiro atoms. The zero-order valence-corrected chi connectivity index (χ0v) is 12.9. The fourth-order valence-electron chi connectivity index (χ4n) is 2.54. The average Bonchev–Trinajstić information content (AvgIpc) is 2.91. The lowest BCUT2D eigenvalue weighted by Gasteiger charge is -2.22. The molecule has 5 nitrogen and oxygen atoms in total. The van der Waals surface area contributed by atoms with Crippen molar-refractivity contribution in [3.63, 3.8) is 0 Å². The lowest BCUT2D eigenvalue weighted by atomic mass is 9.99. The second-order valence-corrected chi connectivity index (χ2v) is 5.55. The Morgan fingerprint density at radius 2 is 1.90 bits per heavy atom. The fraction of sp³-hybridized carbons (Fsp3) is 0.867. The summed E-state index contributed by atoms with van der Waals surface area (Å²) in [4.78, 5) is 23.8. The van der Waals surface area contributed by atoms with Gasteiger partial charge in [0.25, 0.3) is 0 Å². The molecule has 2 N–H and O–H groups in total. The maximum absolute atomic E-state index is 11.9. The normalized spacial score (nSPS) is 18.6. The summed E-state index contributed by atoms with van der Waals surface area (Å²) in [5.74, 6) is -0.154. The highest BCUT2D eigenvalue weighted by atomic mass is 16.5. The molecule has 1 aliphatic rings. The second kappa shape index (κ2) is 8.95. The van der Waals surface area contributed by atoms with Gasteiger partial charge in [0.05, 0.1) is 13.2 Å². The van der Waals surface area contributed by atoms with Crippen LogP contribution in [0.3, 0.4) is 0 Å². The Labute approximate surface area is 121 Å². The molecule has 0 aromatic heterocycles. The number of nitrogens with one attached hydrogen (secondary N) is 2. The lowest BCUT2D eigenvalue weighted by molar-refractivity contribution is -0.147. The molecule has 0 radical (unpaired) electrons. The van der Waals surface area contributed by atoms with Gasteiger partial charge in [-0.3, -0.25) is 14.9 Å². The van der Waals surface area contributed by atoms with Crippen LogP contribution in [0.2, 0.25) is 0 Å². The number of amides is 1. The maximum Gasteiger partial charge on any atom is 0.323 e. The van der Waals surface area contributed by atoms with Crippen molar-refractivity contribution in [1.29, 1.82) is 0 Å². The summed E-state index contributed by atoms with van der Waals surface area (Å²) in [5, 5.41) is 6.05. The number of hydrogen-bond acceptors (Lipinski definition) is 4. The Hall–Kier alpha value is -1.10. The van der Waals surface area contributed by atoms with Crippen molar-refractivity contribution in [3.05, 3.63) is 0 Å². The topological polar surface area (TPSA) is 67.4 Å². The van der Waals surface area contributed by atoms with Crippen LogP contribution in [-0.2, 0) is 14.3 Å². The third-order valence-corrected chi connectivity index (χ3v) is 3.96. The molecule has 1 rings (SSSR count). The van der Waals surface area contributed by atoms with Gasteiger partial charge in [0.15, 0.2) is 0 Å². The van der Waals surface area contributed by atoms with Gasteiger partial charge in [0, 0.05) is 6.04 Å². The molecule has 1 fully saturated rings. The number of hydrogen-bond donors (Lipinski definition) is 2. The standard InChI is InChI=1S/C15H28N2O3/c1-4-11(3)14(15(19)20-5-2)16-10-13(18)17-12-8-6-7-9-12/h11-12,14,16H,4-10H2,1-3H3,(H,17,18)/t11-,14+/m1/s1. The molecule has 0 aliphatic heterocycles. The van der Waals surface area contributed by atoms with Crippen molar-refractivity contribution >= 4 is 11.9 Å². The molecule has 0 saturated heterocycles. The number of carbonyl (C=O) groups is 2. The van der Waals surface area contributed by atoms with E-state index in [0.717, 1.165) is 19.3 Å². The summed E-state index contributed by atoms with van der Waals surface area (Å²) >= 11 is 0. The van der Waals surface area contributed by atoms with Crippen LogP contribution in [0.4, 0.5) is 0 Å². The minimum Gasteiger partial charge on any atom is -0.465 e. The van der Waals surface area contributed by atoms with E-state index in [1.807, 2.05) is 13.8 Å². The number of carbonyl (C=O) groups excluding carboxylic acids is 2. The van der Waals surface area contributed by atoms with E-state index >= 15 is 0 Å². The number of rotatable bonds is 8. The zero-order chi connectivity index (χ0) is 15.0. The van der Waals surface area contributed by atoms with Crippen molar-refractivity contribution in [3.8, 4) is 0 Å². The average molecular weight is 284 g/mol. The molecule has 2 atom stereocenters. The third-order valence-electron chi connectivity index (χ3n) is 3.96. The summed E-state index contributed by atoms with van der Waals surface area (Å²) < 4.78 is 5.06. The van der Waals surface area contributed by atoms with E-state index in [9.17, 15) is 9.59 Å². The first kappa shape index (κ1) is 17.0. The first-order valence-electron chi connectivity index (χ1n) is 7.77. The summed E-state index contributed by atoms with van der Waals surface area (Å²) in [6, 6.07) is -0.0942. The smallest absolute Gasteiger partial charge is 0.323 e. The van der Waals surface area contributed by atoms with Crippen molar-refractivity contribution in [2.24, 2.45) is 5.92 Å². The van der Waals surface area contributed by atoms with Gasteiger partial charge in [0.1, 0.15) is 6.04 Å². The Morgan fingerprint density at radius 1 is 1.25 bits per heavy atom. The first-order valence-corrected chi connectivity index (χ1v) is 7.77. The van der Waals surface area contributed by atoms with Crippen molar-refractivity contribution < 1.29 is 14.3 Å². The van der Waals surface area contributed by atoms with Crippen LogP contribution in [0.1, 0.15) is 52.9 Å². The molecule has 0 aromatic rings. The van der Waals surface area contributed by atoms with Gasteiger partial charge in [-0.15, -0.1) is 0 Å². The summed E-state index contributed by atoms with van der Waals surface area (Å²) in [7, 11) is 0. The van der Waals surface area contributed by atoms with Crippen LogP contribution in [0.5, 0.6) is 0 Å². The monoisotopic (exact) mass is 284 g/mol.